The standard InChI is InChI=1S/C19H23N3O2/c1-5-6-7-8-13-9-10-15-14(11-13)19(12-18(2,3)24-15)16(23)22(4)17(20)21-19/h9-11H,5-6,12H2,1-4H3,(H2,20,21). The quantitative estimate of drug-likeness (QED) is 0.806. The molecule has 0 radical (unpaired) electrons. The number of ether oxygens (including phenoxy) is 1. The van der Waals surface area contributed by atoms with Crippen molar-refractivity contribution in [2.45, 2.75) is 51.2 Å². The molecule has 0 aliphatic carbocycles. The lowest BCUT2D eigenvalue weighted by Crippen LogP contribution is -2.49. The highest BCUT2D eigenvalue weighted by atomic mass is 16.5. The first kappa shape index (κ1) is 16.4. The van der Waals surface area contributed by atoms with E-state index in [1.165, 1.54) is 4.90 Å². The Balaban J connectivity index is 2.15. The molecule has 126 valence electrons. The Morgan fingerprint density at radius 2 is 2.17 bits per heavy atom. The molecular formula is C19H23N3O2. The predicted octanol–water partition coefficient (Wildman–Crippen LogP) is 2.38. The van der Waals surface area contributed by atoms with Gasteiger partial charge in [0.2, 0.25) is 0 Å². The van der Waals surface area contributed by atoms with Crippen LogP contribution in [0.1, 0.15) is 51.2 Å². The second-order valence-corrected chi connectivity index (χ2v) is 7.00. The van der Waals surface area contributed by atoms with Gasteiger partial charge in [-0.1, -0.05) is 18.8 Å². The Morgan fingerprint density at radius 3 is 2.79 bits per heavy atom. The van der Waals surface area contributed by atoms with Gasteiger partial charge in [-0.25, -0.2) is 4.99 Å². The van der Waals surface area contributed by atoms with Crippen LogP contribution in [0.3, 0.4) is 0 Å². The lowest BCUT2D eigenvalue weighted by Gasteiger charge is -2.41. The van der Waals surface area contributed by atoms with E-state index in [1.54, 1.807) is 7.05 Å². The van der Waals surface area contributed by atoms with Crippen molar-refractivity contribution in [1.29, 1.82) is 0 Å². The number of carbonyl (C=O) groups is 1. The smallest absolute Gasteiger partial charge is 0.261 e. The molecule has 3 rings (SSSR count). The van der Waals surface area contributed by atoms with Crippen molar-refractivity contribution in [3.8, 4) is 17.6 Å². The first-order valence-electron chi connectivity index (χ1n) is 8.25. The first-order chi connectivity index (χ1) is 11.3. The van der Waals surface area contributed by atoms with Crippen molar-refractivity contribution in [3.05, 3.63) is 29.3 Å². The summed E-state index contributed by atoms with van der Waals surface area (Å²) in [6, 6.07) is 5.72. The van der Waals surface area contributed by atoms with Crippen LogP contribution in [0.2, 0.25) is 0 Å². The third kappa shape index (κ3) is 2.52. The Morgan fingerprint density at radius 1 is 1.42 bits per heavy atom. The largest absolute Gasteiger partial charge is 0.487 e. The molecule has 2 aliphatic rings. The van der Waals surface area contributed by atoms with Crippen LogP contribution in [0.5, 0.6) is 5.75 Å². The Kier molecular flexibility index (Phi) is 3.79. The molecule has 1 amide bonds. The van der Waals surface area contributed by atoms with Crippen molar-refractivity contribution in [1.82, 2.24) is 4.90 Å². The molecule has 1 spiro atoms. The molecular weight excluding hydrogens is 302 g/mol. The van der Waals surface area contributed by atoms with Gasteiger partial charge in [-0.15, -0.1) is 0 Å². The number of nitrogens with zero attached hydrogens (tertiary/aromatic N) is 2. The highest BCUT2D eigenvalue weighted by Crippen LogP contribution is 2.48. The molecule has 1 unspecified atom stereocenters. The highest BCUT2D eigenvalue weighted by molar-refractivity contribution is 6.07. The number of fused-ring (bicyclic) bond motifs is 2. The Labute approximate surface area is 142 Å². The molecule has 0 bridgehead atoms. The van der Waals surface area contributed by atoms with Gasteiger partial charge < -0.3 is 10.5 Å². The third-order valence-corrected chi connectivity index (χ3v) is 4.41. The number of hydrogen-bond acceptors (Lipinski definition) is 4. The van der Waals surface area contributed by atoms with Crippen molar-refractivity contribution < 1.29 is 9.53 Å². The minimum Gasteiger partial charge on any atom is -0.487 e. The van der Waals surface area contributed by atoms with E-state index in [-0.39, 0.29) is 11.9 Å². The SMILES string of the molecule is CCCC#Cc1ccc2c(c1)C1(CC(C)(C)O2)N=C(N)N(C)C1=O. The summed E-state index contributed by atoms with van der Waals surface area (Å²) in [7, 11) is 1.66. The van der Waals surface area contributed by atoms with Crippen LogP contribution < -0.4 is 10.5 Å². The van der Waals surface area contributed by atoms with Gasteiger partial charge in [-0.3, -0.25) is 9.69 Å². The second kappa shape index (κ2) is 5.55. The predicted molar refractivity (Wildman–Crippen MR) is 93.6 cm³/mol. The summed E-state index contributed by atoms with van der Waals surface area (Å²) >= 11 is 0. The molecule has 2 N–H and O–H groups in total. The Bertz CT molecular complexity index is 786. The second-order valence-electron chi connectivity index (χ2n) is 7.00. The van der Waals surface area contributed by atoms with E-state index in [0.717, 1.165) is 24.0 Å². The monoisotopic (exact) mass is 325 g/mol. The van der Waals surface area contributed by atoms with Gasteiger partial charge in [0.25, 0.3) is 5.91 Å². The first-order valence-corrected chi connectivity index (χ1v) is 8.25. The number of guanidine groups is 1. The van der Waals surface area contributed by atoms with Gasteiger partial charge >= 0.3 is 0 Å². The van der Waals surface area contributed by atoms with E-state index in [2.05, 4.69) is 23.8 Å². The summed E-state index contributed by atoms with van der Waals surface area (Å²) in [6.07, 6.45) is 2.31. The molecule has 5 nitrogen and oxygen atoms in total. The molecule has 0 aromatic heterocycles. The number of unbranched alkanes of at least 4 members (excludes halogenated alkanes) is 1. The van der Waals surface area contributed by atoms with Gasteiger partial charge in [-0.05, 0) is 38.5 Å². The molecule has 24 heavy (non-hydrogen) atoms. The molecule has 2 heterocycles. The van der Waals surface area contributed by atoms with Crippen LogP contribution in [0.25, 0.3) is 0 Å². The number of rotatable bonds is 1. The molecule has 5 heteroatoms. The van der Waals surface area contributed by atoms with Crippen molar-refractivity contribution in [2.75, 3.05) is 7.05 Å². The lowest BCUT2D eigenvalue weighted by molar-refractivity contribution is -0.133. The summed E-state index contributed by atoms with van der Waals surface area (Å²) in [5.41, 5.74) is 6.03. The van der Waals surface area contributed by atoms with Crippen molar-refractivity contribution >= 4 is 11.9 Å². The normalized spacial score (nSPS) is 24.1. The average Bonchev–Trinajstić information content (AvgIpc) is 2.72. The highest BCUT2D eigenvalue weighted by Gasteiger charge is 2.55. The number of carbonyl (C=O) groups excluding carboxylic acids is 1. The van der Waals surface area contributed by atoms with E-state index in [9.17, 15) is 4.79 Å². The zero-order valence-corrected chi connectivity index (χ0v) is 14.6. The maximum Gasteiger partial charge on any atom is 0.261 e. The number of benzene rings is 1. The van der Waals surface area contributed by atoms with E-state index < -0.39 is 11.1 Å². The van der Waals surface area contributed by atoms with Crippen LogP contribution in [0, 0.1) is 11.8 Å². The maximum absolute atomic E-state index is 13.0. The topological polar surface area (TPSA) is 67.9 Å². The fourth-order valence-corrected chi connectivity index (χ4v) is 3.35. The lowest BCUT2D eigenvalue weighted by atomic mass is 9.77. The van der Waals surface area contributed by atoms with Crippen LogP contribution in [-0.2, 0) is 10.3 Å². The molecule has 2 aliphatic heterocycles. The van der Waals surface area contributed by atoms with Gasteiger partial charge in [-0.2, -0.15) is 0 Å². The van der Waals surface area contributed by atoms with Gasteiger partial charge in [0, 0.05) is 31.0 Å². The summed E-state index contributed by atoms with van der Waals surface area (Å²) in [4.78, 5) is 18.9. The van der Waals surface area contributed by atoms with E-state index in [0.29, 0.717) is 12.2 Å². The summed E-state index contributed by atoms with van der Waals surface area (Å²) in [5, 5.41) is 0. The average molecular weight is 325 g/mol. The van der Waals surface area contributed by atoms with Crippen LogP contribution in [0.4, 0.5) is 0 Å². The Hall–Kier alpha value is -2.48. The van der Waals surface area contributed by atoms with Crippen LogP contribution in [-0.4, -0.2) is 29.4 Å². The minimum atomic E-state index is -1.02. The van der Waals surface area contributed by atoms with Crippen molar-refractivity contribution in [2.24, 2.45) is 10.7 Å². The zero-order valence-electron chi connectivity index (χ0n) is 14.6. The molecule has 1 aromatic carbocycles. The van der Waals surface area contributed by atoms with Crippen molar-refractivity contribution in [3.63, 3.8) is 0 Å². The third-order valence-electron chi connectivity index (χ3n) is 4.41. The van der Waals surface area contributed by atoms with Crippen LogP contribution >= 0.6 is 0 Å². The fraction of sp³-hybridized carbons (Fsp3) is 0.474. The minimum absolute atomic E-state index is 0.115. The van der Waals surface area contributed by atoms with E-state index in [1.807, 2.05) is 32.0 Å². The zero-order chi connectivity index (χ0) is 17.5. The number of nitrogens with two attached hydrogens (primary N) is 1. The molecule has 0 saturated heterocycles. The maximum atomic E-state index is 13.0. The van der Waals surface area contributed by atoms with Gasteiger partial charge in [0.1, 0.15) is 11.4 Å². The van der Waals surface area contributed by atoms with E-state index >= 15 is 0 Å². The number of likely N-dealkylation sites (N-methyl/N-ethyl adjacent to an activating group) is 1. The summed E-state index contributed by atoms with van der Waals surface area (Å²) < 4.78 is 6.08. The summed E-state index contributed by atoms with van der Waals surface area (Å²) in [5.74, 6) is 7.09. The molecule has 1 aromatic rings. The number of aliphatic imine (C=N–C) groups is 1. The fourth-order valence-electron chi connectivity index (χ4n) is 3.35. The molecule has 0 saturated carbocycles. The van der Waals surface area contributed by atoms with Gasteiger partial charge in [0.05, 0.1) is 0 Å². The molecule has 1 atom stereocenters. The molecule has 0 fully saturated rings. The number of amides is 1. The number of hydrogen-bond donors (Lipinski definition) is 1. The summed E-state index contributed by atoms with van der Waals surface area (Å²) in [6.45, 7) is 6.02. The van der Waals surface area contributed by atoms with Gasteiger partial charge in [0.15, 0.2) is 11.5 Å². The van der Waals surface area contributed by atoms with E-state index in [4.69, 9.17) is 10.5 Å². The van der Waals surface area contributed by atoms with Crippen LogP contribution in [0.15, 0.2) is 23.2 Å².